The largest absolute Gasteiger partial charge is 0.464 e. The van der Waals surface area contributed by atoms with Gasteiger partial charge in [0.15, 0.2) is 0 Å². The van der Waals surface area contributed by atoms with Crippen LogP contribution in [0.15, 0.2) is 35.1 Å². The zero-order valence-electron chi connectivity index (χ0n) is 9.14. The maximum atomic E-state index is 13.9. The molecule has 86 valence electrons. The van der Waals surface area contributed by atoms with Crippen LogP contribution < -0.4 is 5.73 Å². The highest BCUT2D eigenvalue weighted by Gasteiger charge is 2.17. The molecule has 0 aliphatic rings. The van der Waals surface area contributed by atoms with Crippen molar-refractivity contribution in [3.63, 3.8) is 0 Å². The molecule has 0 aliphatic heterocycles. The lowest BCUT2D eigenvalue weighted by molar-refractivity contribution is 0.602. The van der Waals surface area contributed by atoms with Crippen molar-refractivity contribution in [2.45, 2.75) is 0 Å². The normalized spacial score (nSPS) is 11.2. The van der Waals surface area contributed by atoms with Crippen LogP contribution in [0.1, 0.15) is 0 Å². The summed E-state index contributed by atoms with van der Waals surface area (Å²) in [5, 5.41) is 4.85. The summed E-state index contributed by atoms with van der Waals surface area (Å²) in [6.45, 7) is 0. The molecule has 0 saturated heterocycles. The number of fused-ring (bicyclic) bond motifs is 1. The van der Waals surface area contributed by atoms with Gasteiger partial charge in [-0.2, -0.15) is 5.10 Å². The van der Waals surface area contributed by atoms with Gasteiger partial charge in [0.05, 0.1) is 23.6 Å². The molecule has 0 aliphatic carbocycles. The molecule has 0 radical (unpaired) electrons. The summed E-state index contributed by atoms with van der Waals surface area (Å²) >= 11 is 0. The molecule has 1 aromatic carbocycles. The Kier molecular flexibility index (Phi) is 1.95. The Balaban J connectivity index is 2.40. The number of benzene rings is 1. The molecule has 5 heteroatoms. The van der Waals surface area contributed by atoms with Crippen molar-refractivity contribution in [3.05, 3.63) is 36.5 Å². The van der Waals surface area contributed by atoms with Crippen LogP contribution in [-0.4, -0.2) is 9.78 Å². The smallest absolute Gasteiger partial charge is 0.144 e. The Morgan fingerprint density at radius 3 is 2.88 bits per heavy atom. The lowest BCUT2D eigenvalue weighted by atomic mass is 10.1. The molecule has 0 fully saturated rings. The van der Waals surface area contributed by atoms with Crippen LogP contribution in [0.3, 0.4) is 0 Å². The van der Waals surface area contributed by atoms with Gasteiger partial charge in [-0.15, -0.1) is 0 Å². The molecule has 2 heterocycles. The van der Waals surface area contributed by atoms with Crippen molar-refractivity contribution in [3.8, 4) is 11.1 Å². The zero-order valence-corrected chi connectivity index (χ0v) is 9.14. The molecule has 4 nitrogen and oxygen atoms in total. The van der Waals surface area contributed by atoms with E-state index in [2.05, 4.69) is 5.10 Å². The highest BCUT2D eigenvalue weighted by molar-refractivity contribution is 5.95. The summed E-state index contributed by atoms with van der Waals surface area (Å²) in [5.74, 6) is 0.0416. The summed E-state index contributed by atoms with van der Waals surface area (Å²) < 4.78 is 20.7. The fourth-order valence-electron chi connectivity index (χ4n) is 1.90. The summed E-state index contributed by atoms with van der Waals surface area (Å²) in [6, 6.07) is 4.86. The molecule has 0 amide bonds. The molecule has 2 N–H and O–H groups in total. The molecule has 3 aromatic rings. The number of nitrogen functional groups attached to an aromatic ring is 1. The Bertz CT molecular complexity index is 699. The van der Waals surface area contributed by atoms with E-state index in [1.54, 1.807) is 19.2 Å². The lowest BCUT2D eigenvalue weighted by Crippen LogP contribution is -1.98. The zero-order chi connectivity index (χ0) is 12.0. The Morgan fingerprint density at radius 1 is 1.35 bits per heavy atom. The van der Waals surface area contributed by atoms with Gasteiger partial charge in [-0.3, -0.25) is 4.68 Å². The predicted molar refractivity (Wildman–Crippen MR) is 62.8 cm³/mol. The third-order valence-corrected chi connectivity index (χ3v) is 2.82. The van der Waals surface area contributed by atoms with Crippen LogP contribution in [0, 0.1) is 5.82 Å². The molecular formula is C12H10FN3O. The Morgan fingerprint density at radius 2 is 2.18 bits per heavy atom. The van der Waals surface area contributed by atoms with Gasteiger partial charge in [0.2, 0.25) is 0 Å². The van der Waals surface area contributed by atoms with E-state index in [0.717, 1.165) is 5.39 Å². The highest BCUT2D eigenvalue weighted by atomic mass is 19.1. The minimum Gasteiger partial charge on any atom is -0.464 e. The number of aromatic nitrogens is 2. The van der Waals surface area contributed by atoms with Crippen molar-refractivity contribution in [1.82, 2.24) is 9.78 Å². The van der Waals surface area contributed by atoms with Crippen LogP contribution in [0.2, 0.25) is 0 Å². The number of anilines is 1. The van der Waals surface area contributed by atoms with E-state index in [4.69, 9.17) is 10.2 Å². The van der Waals surface area contributed by atoms with Gasteiger partial charge in [-0.25, -0.2) is 4.39 Å². The van der Waals surface area contributed by atoms with Gasteiger partial charge < -0.3 is 10.2 Å². The Hall–Kier alpha value is -2.30. The molecule has 0 unspecified atom stereocenters. The standard InChI is InChI=1S/C12H10FN3O/c1-16-12(14)8(6-15-16)10-9(13)3-2-7-4-5-17-11(7)10/h2-6H,14H2,1H3. The molecule has 3 rings (SSSR count). The van der Waals surface area contributed by atoms with Gasteiger partial charge >= 0.3 is 0 Å². The van der Waals surface area contributed by atoms with E-state index in [-0.39, 0.29) is 5.82 Å². The van der Waals surface area contributed by atoms with E-state index < -0.39 is 0 Å². The average Bonchev–Trinajstić information content (AvgIpc) is 2.89. The van der Waals surface area contributed by atoms with Crippen LogP contribution in [0.4, 0.5) is 10.2 Å². The third kappa shape index (κ3) is 1.32. The second-order valence-corrected chi connectivity index (χ2v) is 3.83. The molecule has 2 aromatic heterocycles. The number of hydrogen-bond acceptors (Lipinski definition) is 3. The van der Waals surface area contributed by atoms with Crippen LogP contribution >= 0.6 is 0 Å². The van der Waals surface area contributed by atoms with Crippen molar-refractivity contribution in [2.75, 3.05) is 5.73 Å². The monoisotopic (exact) mass is 231 g/mol. The van der Waals surface area contributed by atoms with Gasteiger partial charge in [-0.1, -0.05) is 0 Å². The third-order valence-electron chi connectivity index (χ3n) is 2.82. The van der Waals surface area contributed by atoms with Gasteiger partial charge in [0.25, 0.3) is 0 Å². The summed E-state index contributed by atoms with van der Waals surface area (Å²) in [4.78, 5) is 0. The van der Waals surface area contributed by atoms with Crippen molar-refractivity contribution in [2.24, 2.45) is 7.05 Å². The van der Waals surface area contributed by atoms with Crippen LogP contribution in [-0.2, 0) is 7.05 Å². The summed E-state index contributed by atoms with van der Waals surface area (Å²) in [5.41, 5.74) is 7.25. The second-order valence-electron chi connectivity index (χ2n) is 3.83. The first-order valence-electron chi connectivity index (χ1n) is 5.12. The molecule has 0 saturated carbocycles. The molecule has 0 spiro atoms. The van der Waals surface area contributed by atoms with E-state index in [0.29, 0.717) is 22.5 Å². The molecule has 17 heavy (non-hydrogen) atoms. The second kappa shape index (κ2) is 3.35. The highest BCUT2D eigenvalue weighted by Crippen LogP contribution is 2.34. The Labute approximate surface area is 96.4 Å². The maximum absolute atomic E-state index is 13.9. The number of hydrogen-bond donors (Lipinski definition) is 1. The summed E-state index contributed by atoms with van der Waals surface area (Å²) in [6.07, 6.45) is 3.07. The number of halogens is 1. The van der Waals surface area contributed by atoms with Gasteiger partial charge in [0, 0.05) is 12.4 Å². The fraction of sp³-hybridized carbons (Fsp3) is 0.0833. The fourth-order valence-corrected chi connectivity index (χ4v) is 1.90. The first kappa shape index (κ1) is 9.89. The predicted octanol–water partition coefficient (Wildman–Crippen LogP) is 2.55. The maximum Gasteiger partial charge on any atom is 0.144 e. The topological polar surface area (TPSA) is 57.0 Å². The van der Waals surface area contributed by atoms with E-state index in [1.165, 1.54) is 23.2 Å². The van der Waals surface area contributed by atoms with E-state index >= 15 is 0 Å². The number of furan rings is 1. The quantitative estimate of drug-likeness (QED) is 0.700. The van der Waals surface area contributed by atoms with Gasteiger partial charge in [-0.05, 0) is 18.2 Å². The average molecular weight is 231 g/mol. The van der Waals surface area contributed by atoms with Crippen molar-refractivity contribution in [1.29, 1.82) is 0 Å². The van der Waals surface area contributed by atoms with E-state index in [1.807, 2.05) is 0 Å². The number of nitrogens with two attached hydrogens (primary N) is 1. The molecule has 0 atom stereocenters. The van der Waals surface area contributed by atoms with Crippen LogP contribution in [0.25, 0.3) is 22.1 Å². The number of nitrogens with zero attached hydrogens (tertiary/aromatic N) is 2. The van der Waals surface area contributed by atoms with Crippen molar-refractivity contribution >= 4 is 16.8 Å². The first-order valence-corrected chi connectivity index (χ1v) is 5.12. The van der Waals surface area contributed by atoms with Crippen molar-refractivity contribution < 1.29 is 8.81 Å². The van der Waals surface area contributed by atoms with Gasteiger partial charge in [0.1, 0.15) is 17.2 Å². The minimum atomic E-state index is -0.368. The lowest BCUT2D eigenvalue weighted by Gasteiger charge is -2.03. The molecular weight excluding hydrogens is 221 g/mol. The molecule has 0 bridgehead atoms. The number of aryl methyl sites for hydroxylation is 1. The van der Waals surface area contributed by atoms with E-state index in [9.17, 15) is 4.39 Å². The first-order chi connectivity index (χ1) is 8.18. The SMILES string of the molecule is Cn1ncc(-c2c(F)ccc3ccoc23)c1N. The minimum absolute atomic E-state index is 0.359. The van der Waals surface area contributed by atoms with Crippen LogP contribution in [0.5, 0.6) is 0 Å². The summed E-state index contributed by atoms with van der Waals surface area (Å²) in [7, 11) is 1.71. The number of rotatable bonds is 1.